The van der Waals surface area contributed by atoms with Crippen molar-refractivity contribution in [3.05, 3.63) is 30.1 Å². The predicted molar refractivity (Wildman–Crippen MR) is 73.5 cm³/mol. The van der Waals surface area contributed by atoms with Crippen LogP contribution in [0.4, 0.5) is 0 Å². The van der Waals surface area contributed by atoms with Crippen LogP contribution < -0.4 is 5.32 Å². The lowest BCUT2D eigenvalue weighted by Crippen LogP contribution is -2.33. The standard InChI is InChI=1S/C15H19N3O2/c19-14-6-13(10-18(14)9-11-3-4-11)15(20)17-8-12-2-1-5-16-7-12/h1-2,5,7,11,13H,3-4,6,8-10H2,(H,17,20)/t13-/m0/s1. The summed E-state index contributed by atoms with van der Waals surface area (Å²) < 4.78 is 0. The molecule has 0 radical (unpaired) electrons. The summed E-state index contributed by atoms with van der Waals surface area (Å²) in [7, 11) is 0. The number of pyridine rings is 1. The Hall–Kier alpha value is -1.91. The van der Waals surface area contributed by atoms with Crippen LogP contribution in [0.1, 0.15) is 24.8 Å². The molecule has 1 aromatic rings. The maximum absolute atomic E-state index is 12.1. The van der Waals surface area contributed by atoms with Gasteiger partial charge in [-0.3, -0.25) is 14.6 Å². The average molecular weight is 273 g/mol. The van der Waals surface area contributed by atoms with E-state index in [1.807, 2.05) is 17.0 Å². The van der Waals surface area contributed by atoms with Gasteiger partial charge in [0.25, 0.3) is 0 Å². The highest BCUT2D eigenvalue weighted by Gasteiger charge is 2.36. The topological polar surface area (TPSA) is 62.3 Å². The highest BCUT2D eigenvalue weighted by atomic mass is 16.2. The minimum atomic E-state index is -0.196. The van der Waals surface area contributed by atoms with Crippen LogP contribution in [-0.4, -0.2) is 34.8 Å². The maximum atomic E-state index is 12.1. The molecule has 1 aromatic heterocycles. The van der Waals surface area contributed by atoms with Crippen molar-refractivity contribution in [2.24, 2.45) is 11.8 Å². The third kappa shape index (κ3) is 3.15. The van der Waals surface area contributed by atoms with Gasteiger partial charge in [-0.2, -0.15) is 0 Å². The lowest BCUT2D eigenvalue weighted by atomic mass is 10.1. The second-order valence-electron chi connectivity index (χ2n) is 5.72. The van der Waals surface area contributed by atoms with E-state index in [0.29, 0.717) is 25.4 Å². The van der Waals surface area contributed by atoms with E-state index in [1.54, 1.807) is 12.4 Å². The Morgan fingerprint density at radius 3 is 3.00 bits per heavy atom. The Morgan fingerprint density at radius 2 is 2.30 bits per heavy atom. The van der Waals surface area contributed by atoms with Gasteiger partial charge in [-0.05, 0) is 30.4 Å². The molecule has 1 aliphatic heterocycles. The zero-order valence-electron chi connectivity index (χ0n) is 11.4. The number of rotatable bonds is 5. The van der Waals surface area contributed by atoms with Gasteiger partial charge in [-0.1, -0.05) is 6.07 Å². The van der Waals surface area contributed by atoms with Crippen molar-refractivity contribution in [2.45, 2.75) is 25.8 Å². The second-order valence-corrected chi connectivity index (χ2v) is 5.72. The van der Waals surface area contributed by atoms with Gasteiger partial charge in [0.15, 0.2) is 0 Å². The molecule has 5 heteroatoms. The maximum Gasteiger partial charge on any atom is 0.225 e. The van der Waals surface area contributed by atoms with Crippen LogP contribution >= 0.6 is 0 Å². The zero-order valence-corrected chi connectivity index (χ0v) is 11.4. The van der Waals surface area contributed by atoms with E-state index in [1.165, 1.54) is 12.8 Å². The number of hydrogen-bond acceptors (Lipinski definition) is 3. The van der Waals surface area contributed by atoms with Crippen molar-refractivity contribution in [1.29, 1.82) is 0 Å². The van der Waals surface area contributed by atoms with Crippen LogP contribution in [0, 0.1) is 11.8 Å². The SMILES string of the molecule is O=C(NCc1cccnc1)[C@H]1CC(=O)N(CC2CC2)C1. The third-order valence-corrected chi connectivity index (χ3v) is 3.95. The number of hydrogen-bond donors (Lipinski definition) is 1. The molecule has 2 heterocycles. The Bertz CT molecular complexity index is 499. The van der Waals surface area contributed by atoms with Gasteiger partial charge >= 0.3 is 0 Å². The molecule has 20 heavy (non-hydrogen) atoms. The molecule has 3 rings (SSSR count). The van der Waals surface area contributed by atoms with Gasteiger partial charge in [-0.25, -0.2) is 0 Å². The number of nitrogens with zero attached hydrogens (tertiary/aromatic N) is 2. The lowest BCUT2D eigenvalue weighted by Gasteiger charge is -2.16. The number of amides is 2. The Balaban J connectivity index is 1.49. The number of aromatic nitrogens is 1. The summed E-state index contributed by atoms with van der Waals surface area (Å²) in [5, 5.41) is 2.89. The van der Waals surface area contributed by atoms with Crippen molar-refractivity contribution in [1.82, 2.24) is 15.2 Å². The minimum absolute atomic E-state index is 0.0273. The van der Waals surface area contributed by atoms with Gasteiger partial charge < -0.3 is 10.2 Å². The highest BCUT2D eigenvalue weighted by molar-refractivity contribution is 5.89. The number of likely N-dealkylation sites (tertiary alicyclic amines) is 1. The summed E-state index contributed by atoms with van der Waals surface area (Å²) in [5.41, 5.74) is 0.972. The first-order valence-corrected chi connectivity index (χ1v) is 7.17. The van der Waals surface area contributed by atoms with Crippen molar-refractivity contribution in [3.8, 4) is 0 Å². The summed E-state index contributed by atoms with van der Waals surface area (Å²) in [6.45, 7) is 1.89. The van der Waals surface area contributed by atoms with Crippen molar-refractivity contribution in [3.63, 3.8) is 0 Å². The molecule has 1 saturated carbocycles. The average Bonchev–Trinajstić information content (AvgIpc) is 3.21. The molecular weight excluding hydrogens is 254 g/mol. The lowest BCUT2D eigenvalue weighted by molar-refractivity contribution is -0.129. The Morgan fingerprint density at radius 1 is 1.45 bits per heavy atom. The summed E-state index contributed by atoms with van der Waals surface area (Å²) in [6.07, 6.45) is 6.24. The van der Waals surface area contributed by atoms with E-state index >= 15 is 0 Å². The summed E-state index contributed by atoms with van der Waals surface area (Å²) in [4.78, 5) is 29.8. The normalized spacial score (nSPS) is 22.1. The van der Waals surface area contributed by atoms with Gasteiger partial charge in [-0.15, -0.1) is 0 Å². The smallest absolute Gasteiger partial charge is 0.225 e. The van der Waals surface area contributed by atoms with Crippen LogP contribution in [0.15, 0.2) is 24.5 Å². The predicted octanol–water partition coefficient (Wildman–Crippen LogP) is 0.956. The molecule has 2 aliphatic rings. The first kappa shape index (κ1) is 13.1. The highest BCUT2D eigenvalue weighted by Crippen LogP contribution is 2.31. The van der Waals surface area contributed by atoms with E-state index < -0.39 is 0 Å². The molecule has 2 fully saturated rings. The van der Waals surface area contributed by atoms with Crippen molar-refractivity contribution >= 4 is 11.8 Å². The van der Waals surface area contributed by atoms with Crippen molar-refractivity contribution < 1.29 is 9.59 Å². The summed E-state index contributed by atoms with van der Waals surface area (Å²) in [5.74, 6) is 0.577. The number of carbonyl (C=O) groups is 2. The fourth-order valence-corrected chi connectivity index (χ4v) is 2.57. The van der Waals surface area contributed by atoms with Crippen LogP contribution in [-0.2, 0) is 16.1 Å². The minimum Gasteiger partial charge on any atom is -0.352 e. The molecule has 5 nitrogen and oxygen atoms in total. The zero-order chi connectivity index (χ0) is 13.9. The van der Waals surface area contributed by atoms with Crippen LogP contribution in [0.25, 0.3) is 0 Å². The molecule has 106 valence electrons. The summed E-state index contributed by atoms with van der Waals surface area (Å²) in [6, 6.07) is 3.77. The monoisotopic (exact) mass is 273 g/mol. The first-order valence-electron chi connectivity index (χ1n) is 7.17. The van der Waals surface area contributed by atoms with Crippen molar-refractivity contribution in [2.75, 3.05) is 13.1 Å². The van der Waals surface area contributed by atoms with Gasteiger partial charge in [0.05, 0.1) is 5.92 Å². The quantitative estimate of drug-likeness (QED) is 0.869. The van der Waals surface area contributed by atoms with Crippen LogP contribution in [0.5, 0.6) is 0 Å². The Labute approximate surface area is 118 Å². The third-order valence-electron chi connectivity index (χ3n) is 3.95. The van der Waals surface area contributed by atoms with Crippen LogP contribution in [0.3, 0.4) is 0 Å². The molecule has 0 bridgehead atoms. The van der Waals surface area contributed by atoms with E-state index in [-0.39, 0.29) is 17.7 Å². The first-order chi connectivity index (χ1) is 9.72. The van der Waals surface area contributed by atoms with Gasteiger partial charge in [0.2, 0.25) is 11.8 Å². The second kappa shape index (κ2) is 5.61. The molecule has 0 aromatic carbocycles. The molecule has 1 aliphatic carbocycles. The number of carbonyl (C=O) groups excluding carboxylic acids is 2. The molecule has 2 amide bonds. The van der Waals surface area contributed by atoms with Gasteiger partial charge in [0, 0.05) is 38.4 Å². The fourth-order valence-electron chi connectivity index (χ4n) is 2.57. The van der Waals surface area contributed by atoms with Gasteiger partial charge in [0.1, 0.15) is 0 Å². The molecule has 0 unspecified atom stereocenters. The van der Waals surface area contributed by atoms with E-state index in [4.69, 9.17) is 0 Å². The largest absolute Gasteiger partial charge is 0.352 e. The fraction of sp³-hybridized carbons (Fsp3) is 0.533. The molecule has 1 N–H and O–H groups in total. The Kier molecular flexibility index (Phi) is 3.67. The summed E-state index contributed by atoms with van der Waals surface area (Å²) >= 11 is 0. The van der Waals surface area contributed by atoms with E-state index in [9.17, 15) is 9.59 Å². The molecule has 1 saturated heterocycles. The molecule has 1 atom stereocenters. The van der Waals surface area contributed by atoms with E-state index in [2.05, 4.69) is 10.3 Å². The van der Waals surface area contributed by atoms with E-state index in [0.717, 1.165) is 12.1 Å². The molecular formula is C15H19N3O2. The molecule has 0 spiro atoms. The van der Waals surface area contributed by atoms with Crippen LogP contribution in [0.2, 0.25) is 0 Å². The number of nitrogens with one attached hydrogen (secondary N) is 1.